The second kappa shape index (κ2) is 8.75. The van der Waals surface area contributed by atoms with E-state index in [2.05, 4.69) is 0 Å². The molecular weight excluding hydrogens is 378 g/mol. The molecule has 0 spiro atoms. The van der Waals surface area contributed by atoms with Gasteiger partial charge in [-0.25, -0.2) is 0 Å². The molecule has 2 heterocycles. The van der Waals surface area contributed by atoms with Gasteiger partial charge < -0.3 is 14.2 Å². The minimum Gasteiger partial charge on any atom is -0.493 e. The SMILES string of the molecule is COc1cc(/C=C/C(=O)N2C(=O)C=CCC2c2cccs2)cc(OC)c1OC. The number of carbonyl (C=O) groups excluding carboxylic acids is 2. The summed E-state index contributed by atoms with van der Waals surface area (Å²) in [6, 6.07) is 7.04. The number of amides is 2. The minimum absolute atomic E-state index is 0.283. The zero-order valence-electron chi connectivity index (χ0n) is 15.9. The van der Waals surface area contributed by atoms with Crippen molar-refractivity contribution in [1.82, 2.24) is 4.90 Å². The zero-order chi connectivity index (χ0) is 20.1. The Balaban J connectivity index is 1.88. The van der Waals surface area contributed by atoms with Crippen molar-refractivity contribution in [1.29, 1.82) is 0 Å². The van der Waals surface area contributed by atoms with E-state index in [1.807, 2.05) is 17.5 Å². The number of hydrogen-bond donors (Lipinski definition) is 0. The van der Waals surface area contributed by atoms with Crippen LogP contribution in [0.15, 0.2) is 47.9 Å². The van der Waals surface area contributed by atoms with Crippen molar-refractivity contribution >= 4 is 29.2 Å². The van der Waals surface area contributed by atoms with E-state index < -0.39 is 0 Å². The molecule has 1 aromatic carbocycles. The first kappa shape index (κ1) is 19.7. The molecule has 0 saturated heterocycles. The third kappa shape index (κ3) is 3.94. The first-order valence-electron chi connectivity index (χ1n) is 8.64. The molecule has 1 aliphatic heterocycles. The van der Waals surface area contributed by atoms with E-state index in [1.165, 1.54) is 49.7 Å². The Kier molecular flexibility index (Phi) is 6.16. The number of carbonyl (C=O) groups is 2. The number of rotatable bonds is 6. The number of methoxy groups -OCH3 is 3. The van der Waals surface area contributed by atoms with Gasteiger partial charge in [-0.1, -0.05) is 12.1 Å². The highest BCUT2D eigenvalue weighted by Gasteiger charge is 2.30. The molecule has 0 N–H and O–H groups in total. The van der Waals surface area contributed by atoms with E-state index in [0.29, 0.717) is 29.2 Å². The van der Waals surface area contributed by atoms with Gasteiger partial charge in [-0.3, -0.25) is 14.5 Å². The number of benzene rings is 1. The molecule has 28 heavy (non-hydrogen) atoms. The first-order valence-corrected chi connectivity index (χ1v) is 9.52. The van der Waals surface area contributed by atoms with E-state index >= 15 is 0 Å². The molecule has 3 rings (SSSR count). The smallest absolute Gasteiger partial charge is 0.254 e. The first-order chi connectivity index (χ1) is 13.6. The lowest BCUT2D eigenvalue weighted by Crippen LogP contribution is -2.39. The molecular formula is C21H21NO5S. The average molecular weight is 399 g/mol. The minimum atomic E-state index is -0.374. The van der Waals surface area contributed by atoms with Gasteiger partial charge in [0, 0.05) is 11.0 Å². The highest BCUT2D eigenvalue weighted by Crippen LogP contribution is 2.38. The van der Waals surface area contributed by atoms with Crippen LogP contribution in [-0.2, 0) is 9.59 Å². The maximum Gasteiger partial charge on any atom is 0.254 e. The monoisotopic (exact) mass is 399 g/mol. The highest BCUT2D eigenvalue weighted by atomic mass is 32.1. The molecule has 1 aromatic heterocycles. The Hall–Kier alpha value is -3.06. The molecule has 6 nitrogen and oxygen atoms in total. The van der Waals surface area contributed by atoms with Crippen LogP contribution in [0.3, 0.4) is 0 Å². The fraction of sp³-hybridized carbons (Fsp3) is 0.238. The summed E-state index contributed by atoms with van der Waals surface area (Å²) in [4.78, 5) is 27.5. The lowest BCUT2D eigenvalue weighted by Gasteiger charge is -2.29. The predicted molar refractivity (Wildman–Crippen MR) is 108 cm³/mol. The van der Waals surface area contributed by atoms with Crippen LogP contribution >= 0.6 is 11.3 Å². The summed E-state index contributed by atoms with van der Waals surface area (Å²) in [6.45, 7) is 0. The van der Waals surface area contributed by atoms with Crippen molar-refractivity contribution in [2.75, 3.05) is 21.3 Å². The summed E-state index contributed by atoms with van der Waals surface area (Å²) in [5, 5.41) is 1.94. The Morgan fingerprint density at radius 1 is 1.18 bits per heavy atom. The van der Waals surface area contributed by atoms with Crippen LogP contribution in [0.2, 0.25) is 0 Å². The second-order valence-electron chi connectivity index (χ2n) is 6.01. The molecule has 7 heteroatoms. The van der Waals surface area contributed by atoms with Crippen LogP contribution in [0.5, 0.6) is 17.2 Å². The zero-order valence-corrected chi connectivity index (χ0v) is 16.7. The second-order valence-corrected chi connectivity index (χ2v) is 6.99. The molecule has 2 aromatic rings. The normalized spacial score (nSPS) is 16.5. The third-order valence-electron chi connectivity index (χ3n) is 4.38. The topological polar surface area (TPSA) is 65.1 Å². The number of hydrogen-bond acceptors (Lipinski definition) is 6. The van der Waals surface area contributed by atoms with Gasteiger partial charge in [-0.05, 0) is 47.7 Å². The largest absolute Gasteiger partial charge is 0.493 e. The van der Waals surface area contributed by atoms with Crippen LogP contribution < -0.4 is 14.2 Å². The molecule has 1 aliphatic rings. The number of imide groups is 1. The van der Waals surface area contributed by atoms with Crippen LogP contribution in [0, 0.1) is 0 Å². The Bertz CT molecular complexity index is 892. The lowest BCUT2D eigenvalue weighted by molar-refractivity contribution is -0.142. The van der Waals surface area contributed by atoms with Gasteiger partial charge in [0.1, 0.15) is 0 Å². The quantitative estimate of drug-likeness (QED) is 0.691. The summed E-state index contributed by atoms with van der Waals surface area (Å²) in [7, 11) is 4.58. The summed E-state index contributed by atoms with van der Waals surface area (Å²) >= 11 is 1.53. The third-order valence-corrected chi connectivity index (χ3v) is 5.36. The summed E-state index contributed by atoms with van der Waals surface area (Å²) < 4.78 is 16.0. The Labute approximate surface area is 167 Å². The molecule has 2 amide bonds. The van der Waals surface area contributed by atoms with Crippen molar-refractivity contribution < 1.29 is 23.8 Å². The molecule has 0 saturated carbocycles. The molecule has 0 bridgehead atoms. The van der Waals surface area contributed by atoms with Gasteiger partial charge in [0.25, 0.3) is 11.8 Å². The van der Waals surface area contributed by atoms with E-state index in [0.717, 1.165) is 4.88 Å². The maximum absolute atomic E-state index is 12.8. The molecule has 1 atom stereocenters. The number of nitrogens with zero attached hydrogens (tertiary/aromatic N) is 1. The van der Waals surface area contributed by atoms with E-state index in [-0.39, 0.29) is 17.9 Å². The van der Waals surface area contributed by atoms with Crippen LogP contribution in [0.1, 0.15) is 22.9 Å². The highest BCUT2D eigenvalue weighted by molar-refractivity contribution is 7.10. The van der Waals surface area contributed by atoms with E-state index in [1.54, 1.807) is 24.3 Å². The van der Waals surface area contributed by atoms with Gasteiger partial charge in [-0.2, -0.15) is 0 Å². The fourth-order valence-electron chi connectivity index (χ4n) is 3.07. The lowest BCUT2D eigenvalue weighted by atomic mass is 10.1. The van der Waals surface area contributed by atoms with Gasteiger partial charge in [0.15, 0.2) is 11.5 Å². The van der Waals surface area contributed by atoms with Crippen LogP contribution in [0.4, 0.5) is 0 Å². The van der Waals surface area contributed by atoms with Crippen molar-refractivity contribution in [3.63, 3.8) is 0 Å². The summed E-state index contributed by atoms with van der Waals surface area (Å²) in [5.74, 6) is 0.762. The van der Waals surface area contributed by atoms with E-state index in [9.17, 15) is 9.59 Å². The Morgan fingerprint density at radius 3 is 2.46 bits per heavy atom. The standard InChI is InChI=1S/C21H21NO5S/c1-25-16-12-14(13-17(26-2)21(16)27-3)9-10-20(24)22-15(6-4-8-19(22)23)18-7-5-11-28-18/h4-5,7-13,15H,6H2,1-3H3/b10-9+. The van der Waals surface area contributed by atoms with E-state index in [4.69, 9.17) is 14.2 Å². The summed E-state index contributed by atoms with van der Waals surface area (Å²) in [6.07, 6.45) is 6.87. The molecule has 0 fully saturated rings. The van der Waals surface area contributed by atoms with Gasteiger partial charge in [0.2, 0.25) is 5.75 Å². The van der Waals surface area contributed by atoms with Crippen molar-refractivity contribution in [3.05, 3.63) is 58.3 Å². The van der Waals surface area contributed by atoms with Crippen molar-refractivity contribution in [3.8, 4) is 17.2 Å². The molecule has 0 aliphatic carbocycles. The van der Waals surface area contributed by atoms with Gasteiger partial charge in [-0.15, -0.1) is 11.3 Å². The molecule has 146 valence electrons. The van der Waals surface area contributed by atoms with Crippen LogP contribution in [0.25, 0.3) is 6.08 Å². The molecule has 0 radical (unpaired) electrons. The van der Waals surface area contributed by atoms with Gasteiger partial charge in [0.05, 0.1) is 27.4 Å². The molecule has 1 unspecified atom stereocenters. The van der Waals surface area contributed by atoms with Gasteiger partial charge >= 0.3 is 0 Å². The summed E-state index contributed by atoms with van der Waals surface area (Å²) in [5.41, 5.74) is 0.690. The fourth-order valence-corrected chi connectivity index (χ4v) is 3.90. The predicted octanol–water partition coefficient (Wildman–Crippen LogP) is 3.84. The Morgan fingerprint density at radius 2 is 1.89 bits per heavy atom. The maximum atomic E-state index is 12.8. The van der Waals surface area contributed by atoms with Crippen molar-refractivity contribution in [2.45, 2.75) is 12.5 Å². The van der Waals surface area contributed by atoms with Crippen LogP contribution in [-0.4, -0.2) is 38.0 Å². The number of ether oxygens (including phenoxy) is 3. The van der Waals surface area contributed by atoms with Crippen molar-refractivity contribution in [2.24, 2.45) is 0 Å². The average Bonchev–Trinajstić information content (AvgIpc) is 3.25. The number of thiophene rings is 1.